The summed E-state index contributed by atoms with van der Waals surface area (Å²) >= 11 is 0. The van der Waals surface area contributed by atoms with Crippen LogP contribution in [0.4, 0.5) is 4.79 Å². The number of hydrogen-bond acceptors (Lipinski definition) is 2. The first-order chi connectivity index (χ1) is 10.7. The predicted octanol–water partition coefficient (Wildman–Crippen LogP) is 3.14. The van der Waals surface area contributed by atoms with Crippen molar-refractivity contribution in [3.05, 3.63) is 35.4 Å². The molecule has 3 rings (SSSR count). The highest BCUT2D eigenvalue weighted by Crippen LogP contribution is 2.40. The van der Waals surface area contributed by atoms with E-state index in [9.17, 15) is 4.79 Å². The van der Waals surface area contributed by atoms with Gasteiger partial charge in [-0.15, -0.1) is 0 Å². The Morgan fingerprint density at radius 2 is 1.91 bits per heavy atom. The van der Waals surface area contributed by atoms with Gasteiger partial charge in [0.1, 0.15) is 0 Å². The van der Waals surface area contributed by atoms with Crippen molar-refractivity contribution in [1.82, 2.24) is 15.1 Å². The molecule has 1 aromatic carbocycles. The maximum Gasteiger partial charge on any atom is 0.317 e. The van der Waals surface area contributed by atoms with Crippen LogP contribution in [-0.2, 0) is 5.41 Å². The summed E-state index contributed by atoms with van der Waals surface area (Å²) in [4.78, 5) is 17.0. The van der Waals surface area contributed by atoms with Gasteiger partial charge < -0.3 is 10.2 Å². The van der Waals surface area contributed by atoms with E-state index in [4.69, 9.17) is 0 Å². The molecule has 1 atom stereocenters. The Kier molecular flexibility index (Phi) is 3.91. The number of hydrogen-bond donors (Lipinski definition) is 1. The SMILES string of the molecule is CC(C)(C)NC(=O)N1CCN2CC(C)(C)c3ccccc3C2C1. The molecule has 126 valence electrons. The molecule has 2 amide bonds. The zero-order valence-electron chi connectivity index (χ0n) is 15.0. The second kappa shape index (κ2) is 5.52. The van der Waals surface area contributed by atoms with Crippen LogP contribution in [0.1, 0.15) is 51.8 Å². The summed E-state index contributed by atoms with van der Waals surface area (Å²) in [7, 11) is 0. The number of benzene rings is 1. The highest BCUT2D eigenvalue weighted by molar-refractivity contribution is 5.75. The first-order valence-corrected chi connectivity index (χ1v) is 8.58. The van der Waals surface area contributed by atoms with Crippen molar-refractivity contribution >= 4 is 6.03 Å². The van der Waals surface area contributed by atoms with E-state index in [0.29, 0.717) is 6.04 Å². The lowest BCUT2D eigenvalue weighted by molar-refractivity contribution is 0.0597. The van der Waals surface area contributed by atoms with Crippen molar-refractivity contribution in [2.24, 2.45) is 0 Å². The molecular formula is C19H29N3O. The number of carbonyl (C=O) groups excluding carboxylic acids is 1. The minimum absolute atomic E-state index is 0.0551. The standard InChI is InChI=1S/C19H29N3O/c1-18(2,3)20-17(23)21-10-11-22-13-19(4,5)15-9-7-6-8-14(15)16(22)12-21/h6-9,16H,10-13H2,1-5H3,(H,20,23). The summed E-state index contributed by atoms with van der Waals surface area (Å²) in [6, 6.07) is 9.11. The molecule has 0 bridgehead atoms. The number of urea groups is 1. The molecule has 0 saturated carbocycles. The van der Waals surface area contributed by atoms with Gasteiger partial charge in [0.2, 0.25) is 0 Å². The Morgan fingerprint density at radius 3 is 2.61 bits per heavy atom. The molecule has 2 aliphatic heterocycles. The van der Waals surface area contributed by atoms with Crippen LogP contribution in [0.25, 0.3) is 0 Å². The van der Waals surface area contributed by atoms with E-state index in [1.54, 1.807) is 0 Å². The summed E-state index contributed by atoms with van der Waals surface area (Å²) in [6.07, 6.45) is 0. The lowest BCUT2D eigenvalue weighted by atomic mass is 9.75. The van der Waals surface area contributed by atoms with E-state index in [1.807, 2.05) is 25.7 Å². The van der Waals surface area contributed by atoms with Gasteiger partial charge in [-0.3, -0.25) is 4.90 Å². The van der Waals surface area contributed by atoms with Crippen LogP contribution < -0.4 is 5.32 Å². The van der Waals surface area contributed by atoms with Crippen LogP contribution in [0.5, 0.6) is 0 Å². The molecule has 1 fully saturated rings. The number of amides is 2. The van der Waals surface area contributed by atoms with Gasteiger partial charge >= 0.3 is 6.03 Å². The molecule has 1 unspecified atom stereocenters. The highest BCUT2D eigenvalue weighted by atomic mass is 16.2. The normalized spacial score (nSPS) is 23.9. The molecule has 1 N–H and O–H groups in total. The summed E-state index contributed by atoms with van der Waals surface area (Å²) in [5.74, 6) is 0. The third-order valence-electron chi connectivity index (χ3n) is 4.91. The molecule has 1 saturated heterocycles. The second-order valence-corrected chi connectivity index (χ2v) is 8.58. The van der Waals surface area contributed by atoms with E-state index in [1.165, 1.54) is 11.1 Å². The highest BCUT2D eigenvalue weighted by Gasteiger charge is 2.41. The fraction of sp³-hybridized carbons (Fsp3) is 0.632. The van der Waals surface area contributed by atoms with Gasteiger partial charge in [-0.25, -0.2) is 4.79 Å². The van der Waals surface area contributed by atoms with Crippen LogP contribution >= 0.6 is 0 Å². The monoisotopic (exact) mass is 315 g/mol. The Balaban J connectivity index is 1.84. The molecule has 0 aromatic heterocycles. The Bertz CT molecular complexity index is 603. The zero-order valence-corrected chi connectivity index (χ0v) is 15.0. The zero-order chi connectivity index (χ0) is 16.8. The summed E-state index contributed by atoms with van der Waals surface area (Å²) < 4.78 is 0. The van der Waals surface area contributed by atoms with Crippen molar-refractivity contribution < 1.29 is 4.79 Å². The molecule has 2 aliphatic rings. The fourth-order valence-electron chi connectivity index (χ4n) is 3.89. The average molecular weight is 315 g/mol. The van der Waals surface area contributed by atoms with Gasteiger partial charge in [-0.05, 0) is 31.9 Å². The number of piperazine rings is 1. The summed E-state index contributed by atoms with van der Waals surface area (Å²) in [5.41, 5.74) is 2.79. The average Bonchev–Trinajstić information content (AvgIpc) is 2.45. The number of nitrogens with one attached hydrogen (secondary N) is 1. The van der Waals surface area contributed by atoms with Gasteiger partial charge in [-0.2, -0.15) is 0 Å². The van der Waals surface area contributed by atoms with E-state index < -0.39 is 0 Å². The van der Waals surface area contributed by atoms with Crippen molar-refractivity contribution in [3.63, 3.8) is 0 Å². The Labute approximate surface area is 139 Å². The lowest BCUT2D eigenvalue weighted by Crippen LogP contribution is -2.59. The molecule has 23 heavy (non-hydrogen) atoms. The van der Waals surface area contributed by atoms with Crippen LogP contribution in [0.2, 0.25) is 0 Å². The predicted molar refractivity (Wildman–Crippen MR) is 93.6 cm³/mol. The van der Waals surface area contributed by atoms with Crippen molar-refractivity contribution in [3.8, 4) is 0 Å². The number of rotatable bonds is 0. The summed E-state index contributed by atoms with van der Waals surface area (Å²) in [6.45, 7) is 14.3. The maximum atomic E-state index is 12.5. The van der Waals surface area contributed by atoms with Crippen LogP contribution in [0.3, 0.4) is 0 Å². The van der Waals surface area contributed by atoms with Crippen molar-refractivity contribution in [2.75, 3.05) is 26.2 Å². The number of fused-ring (bicyclic) bond motifs is 3. The van der Waals surface area contributed by atoms with E-state index in [0.717, 1.165) is 26.2 Å². The Morgan fingerprint density at radius 1 is 1.22 bits per heavy atom. The third kappa shape index (κ3) is 3.23. The van der Waals surface area contributed by atoms with Crippen LogP contribution in [0.15, 0.2) is 24.3 Å². The fourth-order valence-corrected chi connectivity index (χ4v) is 3.89. The molecule has 0 aliphatic carbocycles. The number of carbonyl (C=O) groups is 1. The van der Waals surface area contributed by atoms with Gasteiger partial charge in [0.05, 0.1) is 6.04 Å². The van der Waals surface area contributed by atoms with E-state index in [2.05, 4.69) is 48.3 Å². The summed E-state index contributed by atoms with van der Waals surface area (Å²) in [5, 5.41) is 3.09. The smallest absolute Gasteiger partial charge is 0.317 e. The van der Waals surface area contributed by atoms with Gasteiger partial charge in [-0.1, -0.05) is 38.1 Å². The van der Waals surface area contributed by atoms with Gasteiger partial charge in [0.15, 0.2) is 0 Å². The van der Waals surface area contributed by atoms with Gasteiger partial charge in [0.25, 0.3) is 0 Å². The molecule has 4 nitrogen and oxygen atoms in total. The molecular weight excluding hydrogens is 286 g/mol. The molecule has 2 heterocycles. The van der Waals surface area contributed by atoms with Crippen molar-refractivity contribution in [1.29, 1.82) is 0 Å². The quantitative estimate of drug-likeness (QED) is 0.798. The molecule has 4 heteroatoms. The van der Waals surface area contributed by atoms with Crippen molar-refractivity contribution in [2.45, 2.75) is 51.6 Å². The van der Waals surface area contributed by atoms with Crippen LogP contribution in [0, 0.1) is 0 Å². The molecule has 0 radical (unpaired) electrons. The minimum atomic E-state index is -0.194. The van der Waals surface area contributed by atoms with Gasteiger partial charge in [0, 0.05) is 37.1 Å². The maximum absolute atomic E-state index is 12.5. The minimum Gasteiger partial charge on any atom is -0.333 e. The second-order valence-electron chi connectivity index (χ2n) is 8.58. The lowest BCUT2D eigenvalue weighted by Gasteiger charge is -2.50. The van der Waals surface area contributed by atoms with E-state index >= 15 is 0 Å². The third-order valence-corrected chi connectivity index (χ3v) is 4.91. The molecule has 1 aromatic rings. The molecule has 0 spiro atoms. The largest absolute Gasteiger partial charge is 0.333 e. The first kappa shape index (κ1) is 16.3. The Hall–Kier alpha value is -1.55. The number of nitrogens with zero attached hydrogens (tertiary/aromatic N) is 2. The van der Waals surface area contributed by atoms with Crippen LogP contribution in [-0.4, -0.2) is 47.5 Å². The topological polar surface area (TPSA) is 35.6 Å². The van der Waals surface area contributed by atoms with E-state index in [-0.39, 0.29) is 17.0 Å². The first-order valence-electron chi connectivity index (χ1n) is 8.58.